The molecule has 1 amide bonds. The normalized spacial score (nSPS) is 18.3. The predicted molar refractivity (Wildman–Crippen MR) is 97.5 cm³/mol. The number of rotatable bonds is 6. The lowest BCUT2D eigenvalue weighted by Crippen LogP contribution is -2.36. The van der Waals surface area contributed by atoms with Crippen LogP contribution < -0.4 is 10.9 Å². The smallest absolute Gasteiger partial charge is 0.263 e. The number of hydrogen-bond acceptors (Lipinski definition) is 3. The quantitative estimate of drug-likeness (QED) is 0.866. The monoisotopic (exact) mass is 333 g/mol. The Morgan fingerprint density at radius 3 is 2.75 bits per heavy atom. The Bertz CT molecular complexity index is 649. The van der Waals surface area contributed by atoms with E-state index < -0.39 is 0 Å². The summed E-state index contributed by atoms with van der Waals surface area (Å²) in [5.74, 6) is 0.901. The van der Waals surface area contributed by atoms with Crippen LogP contribution in [0.4, 0.5) is 0 Å². The van der Waals surface area contributed by atoms with E-state index in [1.54, 1.807) is 17.7 Å². The summed E-state index contributed by atoms with van der Waals surface area (Å²) in [7, 11) is 1.74. The van der Waals surface area contributed by atoms with Crippen LogP contribution >= 0.6 is 0 Å². The fourth-order valence-electron chi connectivity index (χ4n) is 3.70. The minimum Gasteiger partial charge on any atom is -0.352 e. The first-order valence-electron chi connectivity index (χ1n) is 9.03. The van der Waals surface area contributed by atoms with Crippen molar-refractivity contribution >= 4 is 5.91 Å². The highest BCUT2D eigenvalue weighted by Gasteiger charge is 2.24. The van der Waals surface area contributed by atoms with E-state index in [0.29, 0.717) is 18.4 Å². The average Bonchev–Trinajstić information content (AvgIpc) is 2.95. The first-order valence-corrected chi connectivity index (χ1v) is 9.03. The molecule has 1 aliphatic rings. The fourth-order valence-corrected chi connectivity index (χ4v) is 3.70. The molecular formula is C19H31N3O2. The highest BCUT2D eigenvalue weighted by atomic mass is 16.2. The molecule has 2 rings (SSSR count). The van der Waals surface area contributed by atoms with Crippen LogP contribution in [0.15, 0.2) is 10.9 Å². The lowest BCUT2D eigenvalue weighted by Gasteiger charge is -2.18. The molecule has 1 unspecified atom stereocenters. The second-order valence-electron chi connectivity index (χ2n) is 7.42. The van der Waals surface area contributed by atoms with Crippen molar-refractivity contribution in [3.8, 4) is 0 Å². The van der Waals surface area contributed by atoms with Gasteiger partial charge in [-0.25, -0.2) is 0 Å². The van der Waals surface area contributed by atoms with E-state index in [-0.39, 0.29) is 17.0 Å². The third-order valence-corrected chi connectivity index (χ3v) is 4.88. The second-order valence-corrected chi connectivity index (χ2v) is 7.42. The van der Waals surface area contributed by atoms with E-state index in [1.807, 2.05) is 13.8 Å². The van der Waals surface area contributed by atoms with Crippen LogP contribution in [0, 0.1) is 18.8 Å². The van der Waals surface area contributed by atoms with Crippen molar-refractivity contribution in [2.45, 2.75) is 40.5 Å². The van der Waals surface area contributed by atoms with Crippen molar-refractivity contribution in [2.75, 3.05) is 26.2 Å². The van der Waals surface area contributed by atoms with Gasteiger partial charge in [0.15, 0.2) is 0 Å². The van der Waals surface area contributed by atoms with Crippen LogP contribution in [0.2, 0.25) is 0 Å². The molecular weight excluding hydrogens is 302 g/mol. The van der Waals surface area contributed by atoms with Gasteiger partial charge < -0.3 is 14.8 Å². The van der Waals surface area contributed by atoms with Crippen LogP contribution in [0.1, 0.15) is 48.8 Å². The van der Waals surface area contributed by atoms with Gasteiger partial charge in [-0.1, -0.05) is 20.8 Å². The Balaban J connectivity index is 1.98. The molecule has 1 saturated heterocycles. The lowest BCUT2D eigenvalue weighted by atomic mass is 10.1. The summed E-state index contributed by atoms with van der Waals surface area (Å²) in [6.07, 6.45) is 1.89. The molecule has 5 nitrogen and oxygen atoms in total. The number of aryl methyl sites for hydroxylation is 1. The van der Waals surface area contributed by atoms with Crippen molar-refractivity contribution in [2.24, 2.45) is 18.9 Å². The van der Waals surface area contributed by atoms with Gasteiger partial charge in [0.1, 0.15) is 5.56 Å². The molecule has 0 radical (unpaired) electrons. The first-order chi connectivity index (χ1) is 11.3. The number of likely N-dealkylation sites (tertiary alicyclic amines) is 1. The molecule has 0 aliphatic carbocycles. The Morgan fingerprint density at radius 2 is 2.12 bits per heavy atom. The Labute approximate surface area is 145 Å². The lowest BCUT2D eigenvalue weighted by molar-refractivity contribution is 0.0945. The second kappa shape index (κ2) is 7.97. The van der Waals surface area contributed by atoms with Gasteiger partial charge >= 0.3 is 0 Å². The summed E-state index contributed by atoms with van der Waals surface area (Å²) in [5.41, 5.74) is 2.03. The SMILES string of the molecule is CCc1c(C)cc(C(=O)NCC2CCN(CC(C)C)C2)c(=O)n1C. The fraction of sp³-hybridized carbons (Fsp3) is 0.684. The maximum atomic E-state index is 12.4. The van der Waals surface area contributed by atoms with Gasteiger partial charge in [-0.3, -0.25) is 9.59 Å². The Hall–Kier alpha value is -1.62. The molecule has 1 N–H and O–H groups in total. The molecule has 1 aromatic heterocycles. The molecule has 0 saturated carbocycles. The van der Waals surface area contributed by atoms with Crippen molar-refractivity contribution in [1.82, 2.24) is 14.8 Å². The predicted octanol–water partition coefficient (Wildman–Crippen LogP) is 1.96. The number of aromatic nitrogens is 1. The summed E-state index contributed by atoms with van der Waals surface area (Å²) in [5, 5.41) is 2.97. The zero-order valence-corrected chi connectivity index (χ0v) is 15.7. The van der Waals surface area contributed by atoms with Gasteiger partial charge in [0, 0.05) is 32.4 Å². The van der Waals surface area contributed by atoms with Crippen LogP contribution in [-0.2, 0) is 13.5 Å². The first kappa shape index (κ1) is 18.7. The molecule has 0 aromatic carbocycles. The zero-order valence-electron chi connectivity index (χ0n) is 15.7. The highest BCUT2D eigenvalue weighted by molar-refractivity contribution is 5.94. The third kappa shape index (κ3) is 4.26. The number of amides is 1. The topological polar surface area (TPSA) is 54.3 Å². The molecule has 134 valence electrons. The summed E-state index contributed by atoms with van der Waals surface area (Å²) in [4.78, 5) is 27.3. The van der Waals surface area contributed by atoms with Crippen LogP contribution in [0.5, 0.6) is 0 Å². The van der Waals surface area contributed by atoms with Crippen LogP contribution in [0.3, 0.4) is 0 Å². The van der Waals surface area contributed by atoms with E-state index in [1.165, 1.54) is 0 Å². The molecule has 1 aliphatic heterocycles. The summed E-state index contributed by atoms with van der Waals surface area (Å²) in [6, 6.07) is 1.73. The maximum Gasteiger partial charge on any atom is 0.263 e. The van der Waals surface area contributed by atoms with E-state index in [9.17, 15) is 9.59 Å². The summed E-state index contributed by atoms with van der Waals surface area (Å²) >= 11 is 0. The minimum absolute atomic E-state index is 0.206. The molecule has 24 heavy (non-hydrogen) atoms. The van der Waals surface area contributed by atoms with E-state index >= 15 is 0 Å². The number of nitrogens with zero attached hydrogens (tertiary/aromatic N) is 2. The van der Waals surface area contributed by atoms with Gasteiger partial charge in [0.25, 0.3) is 11.5 Å². The molecule has 5 heteroatoms. The molecule has 1 aromatic rings. The highest BCUT2D eigenvalue weighted by Crippen LogP contribution is 2.16. The van der Waals surface area contributed by atoms with Gasteiger partial charge in [0.2, 0.25) is 0 Å². The molecule has 0 spiro atoms. The average molecular weight is 333 g/mol. The standard InChI is InChI=1S/C19H31N3O2/c1-6-17-14(4)9-16(19(24)21(17)5)18(23)20-10-15-7-8-22(12-15)11-13(2)3/h9,13,15H,6-8,10-12H2,1-5H3,(H,20,23). The van der Waals surface area contributed by atoms with Crippen molar-refractivity contribution < 1.29 is 4.79 Å². The van der Waals surface area contributed by atoms with Gasteiger partial charge in [-0.15, -0.1) is 0 Å². The Morgan fingerprint density at radius 1 is 1.42 bits per heavy atom. The number of hydrogen-bond donors (Lipinski definition) is 1. The van der Waals surface area contributed by atoms with Crippen molar-refractivity contribution in [3.05, 3.63) is 33.2 Å². The number of nitrogens with one attached hydrogen (secondary N) is 1. The van der Waals surface area contributed by atoms with E-state index in [0.717, 1.165) is 43.7 Å². The van der Waals surface area contributed by atoms with Crippen molar-refractivity contribution in [3.63, 3.8) is 0 Å². The number of carbonyl (C=O) groups excluding carboxylic acids is 1. The van der Waals surface area contributed by atoms with E-state index in [4.69, 9.17) is 0 Å². The maximum absolute atomic E-state index is 12.4. The van der Waals surface area contributed by atoms with Crippen LogP contribution in [0.25, 0.3) is 0 Å². The number of pyridine rings is 1. The molecule has 2 heterocycles. The largest absolute Gasteiger partial charge is 0.352 e. The summed E-state index contributed by atoms with van der Waals surface area (Å²) < 4.78 is 1.60. The summed E-state index contributed by atoms with van der Waals surface area (Å²) in [6.45, 7) is 12.3. The van der Waals surface area contributed by atoms with E-state index in [2.05, 4.69) is 24.1 Å². The van der Waals surface area contributed by atoms with Gasteiger partial charge in [0.05, 0.1) is 0 Å². The third-order valence-electron chi connectivity index (χ3n) is 4.88. The molecule has 1 fully saturated rings. The van der Waals surface area contributed by atoms with Crippen molar-refractivity contribution in [1.29, 1.82) is 0 Å². The number of carbonyl (C=O) groups is 1. The van der Waals surface area contributed by atoms with Gasteiger partial charge in [-0.05, 0) is 49.8 Å². The Kier molecular flexibility index (Phi) is 6.21. The van der Waals surface area contributed by atoms with Gasteiger partial charge in [-0.2, -0.15) is 0 Å². The minimum atomic E-state index is -0.247. The molecule has 0 bridgehead atoms. The van der Waals surface area contributed by atoms with Crippen LogP contribution in [-0.4, -0.2) is 41.6 Å². The molecule has 1 atom stereocenters. The zero-order chi connectivity index (χ0) is 17.9.